The van der Waals surface area contributed by atoms with Crippen molar-refractivity contribution in [2.75, 3.05) is 0 Å². The molecule has 98 valence electrons. The zero-order valence-corrected chi connectivity index (χ0v) is 11.0. The Morgan fingerprint density at radius 1 is 1.10 bits per heavy atom. The number of amides is 1. The molecule has 0 saturated heterocycles. The van der Waals surface area contributed by atoms with E-state index in [1.54, 1.807) is 12.3 Å². The molecule has 20 heavy (non-hydrogen) atoms. The average molecular weight is 263 g/mol. The summed E-state index contributed by atoms with van der Waals surface area (Å²) in [6.07, 6.45) is 3.44. The molecule has 0 unspecified atom stereocenters. The molecule has 0 radical (unpaired) electrons. The fraction of sp³-hybridized carbons (Fsp3) is 0.0625. The number of pyridine rings is 1. The summed E-state index contributed by atoms with van der Waals surface area (Å²) in [5.41, 5.74) is 3.19. The van der Waals surface area contributed by atoms with E-state index < -0.39 is 0 Å². The lowest BCUT2D eigenvalue weighted by molar-refractivity contribution is -0.115. The summed E-state index contributed by atoms with van der Waals surface area (Å²) in [6, 6.07) is 13.4. The van der Waals surface area contributed by atoms with Crippen LogP contribution < -0.4 is 5.32 Å². The van der Waals surface area contributed by atoms with E-state index in [0.29, 0.717) is 17.2 Å². The zero-order chi connectivity index (χ0) is 13.9. The summed E-state index contributed by atoms with van der Waals surface area (Å²) >= 11 is 0. The van der Waals surface area contributed by atoms with Crippen LogP contribution in [0.25, 0.3) is 6.08 Å². The van der Waals surface area contributed by atoms with Gasteiger partial charge in [0, 0.05) is 6.20 Å². The van der Waals surface area contributed by atoms with Crippen molar-refractivity contribution in [3.05, 3.63) is 71.2 Å². The zero-order valence-electron chi connectivity index (χ0n) is 11.0. The van der Waals surface area contributed by atoms with Gasteiger partial charge in [-0.3, -0.25) is 9.78 Å². The Kier molecular flexibility index (Phi) is 3.13. The van der Waals surface area contributed by atoms with Gasteiger partial charge in [0.1, 0.15) is 11.4 Å². The lowest BCUT2D eigenvalue weighted by Crippen LogP contribution is -2.25. The molecule has 0 fully saturated rings. The summed E-state index contributed by atoms with van der Waals surface area (Å²) in [4.78, 5) is 20.4. The summed E-state index contributed by atoms with van der Waals surface area (Å²) in [7, 11) is 0. The third kappa shape index (κ3) is 2.49. The number of carbonyl (C=O) groups is 1. The van der Waals surface area contributed by atoms with Crippen LogP contribution in [-0.4, -0.2) is 16.7 Å². The third-order valence-electron chi connectivity index (χ3n) is 2.99. The quantitative estimate of drug-likeness (QED) is 0.845. The minimum absolute atomic E-state index is 0.203. The smallest absolute Gasteiger partial charge is 0.275 e. The number of nitrogens with one attached hydrogen (secondary N) is 1. The van der Waals surface area contributed by atoms with Crippen LogP contribution in [0.1, 0.15) is 16.8 Å². The molecule has 4 nitrogen and oxygen atoms in total. The first-order valence-corrected chi connectivity index (χ1v) is 6.32. The lowest BCUT2D eigenvalue weighted by atomic mass is 10.1. The molecule has 0 bridgehead atoms. The highest BCUT2D eigenvalue weighted by Crippen LogP contribution is 2.14. The molecular weight excluding hydrogens is 250 g/mol. The highest BCUT2D eigenvalue weighted by Gasteiger charge is 2.21. The van der Waals surface area contributed by atoms with E-state index in [2.05, 4.69) is 15.3 Å². The molecule has 1 aliphatic rings. The maximum atomic E-state index is 11.9. The van der Waals surface area contributed by atoms with Crippen molar-refractivity contribution in [3.8, 4) is 0 Å². The molecule has 2 aromatic rings. The van der Waals surface area contributed by atoms with Crippen molar-refractivity contribution in [3.63, 3.8) is 0 Å². The summed E-state index contributed by atoms with van der Waals surface area (Å²) in [6.45, 7) is 2.02. The van der Waals surface area contributed by atoms with Crippen LogP contribution in [-0.2, 0) is 4.79 Å². The highest BCUT2D eigenvalue weighted by molar-refractivity contribution is 6.19. The predicted molar refractivity (Wildman–Crippen MR) is 78.1 cm³/mol. The van der Waals surface area contributed by atoms with E-state index in [1.165, 1.54) is 5.56 Å². The predicted octanol–water partition coefficient (Wildman–Crippen LogP) is 2.31. The number of carbonyl (C=O) groups excluding carboxylic acids is 1. The van der Waals surface area contributed by atoms with Crippen LogP contribution >= 0.6 is 0 Å². The Morgan fingerprint density at radius 2 is 1.90 bits per heavy atom. The minimum atomic E-state index is -0.203. The Morgan fingerprint density at radius 3 is 2.60 bits per heavy atom. The van der Waals surface area contributed by atoms with Gasteiger partial charge < -0.3 is 5.32 Å². The van der Waals surface area contributed by atoms with Crippen LogP contribution in [0, 0.1) is 6.92 Å². The molecule has 1 amide bonds. The Hall–Kier alpha value is -2.75. The third-order valence-corrected chi connectivity index (χ3v) is 2.99. The number of aromatic nitrogens is 1. The molecule has 1 aliphatic heterocycles. The second-order valence-corrected chi connectivity index (χ2v) is 4.57. The molecule has 4 heteroatoms. The van der Waals surface area contributed by atoms with Crippen molar-refractivity contribution in [1.29, 1.82) is 0 Å². The number of amidine groups is 1. The van der Waals surface area contributed by atoms with Gasteiger partial charge in [-0.05, 0) is 30.7 Å². The van der Waals surface area contributed by atoms with Gasteiger partial charge in [0.25, 0.3) is 5.91 Å². The van der Waals surface area contributed by atoms with Gasteiger partial charge in [0.05, 0.1) is 0 Å². The van der Waals surface area contributed by atoms with Gasteiger partial charge in [-0.25, -0.2) is 4.99 Å². The Balaban J connectivity index is 1.92. The molecule has 0 aliphatic carbocycles. The lowest BCUT2D eigenvalue weighted by Gasteiger charge is -1.97. The standard InChI is InChI=1S/C16H13N3O/c1-11-5-7-12(8-6-11)10-14-16(20)19-15(18-14)13-4-2-3-9-17-13/h2-10H,1H3,(H,18,19,20)/b14-10+. The van der Waals surface area contributed by atoms with Crippen LogP contribution in [0.15, 0.2) is 59.4 Å². The van der Waals surface area contributed by atoms with Crippen molar-refractivity contribution < 1.29 is 4.79 Å². The summed E-state index contributed by atoms with van der Waals surface area (Å²) < 4.78 is 0. The van der Waals surface area contributed by atoms with Gasteiger partial charge >= 0.3 is 0 Å². The Labute approximate surface area is 116 Å². The van der Waals surface area contributed by atoms with Crippen molar-refractivity contribution >= 4 is 17.8 Å². The van der Waals surface area contributed by atoms with Crippen molar-refractivity contribution in [1.82, 2.24) is 10.3 Å². The van der Waals surface area contributed by atoms with Crippen LogP contribution in [0.4, 0.5) is 0 Å². The number of aliphatic imine (C=N–C) groups is 1. The van der Waals surface area contributed by atoms with Gasteiger partial charge in [-0.15, -0.1) is 0 Å². The first kappa shape index (κ1) is 12.3. The fourth-order valence-electron chi connectivity index (χ4n) is 1.91. The molecule has 3 rings (SSSR count). The van der Waals surface area contributed by atoms with E-state index >= 15 is 0 Å². The van der Waals surface area contributed by atoms with E-state index in [4.69, 9.17) is 0 Å². The number of hydrogen-bond donors (Lipinski definition) is 1. The summed E-state index contributed by atoms with van der Waals surface area (Å²) in [5, 5.41) is 2.73. The molecule has 2 heterocycles. The second-order valence-electron chi connectivity index (χ2n) is 4.57. The monoisotopic (exact) mass is 263 g/mol. The van der Waals surface area contributed by atoms with E-state index in [1.807, 2.05) is 49.4 Å². The molecule has 1 aromatic carbocycles. The number of aryl methyl sites for hydroxylation is 1. The molecule has 1 N–H and O–H groups in total. The maximum Gasteiger partial charge on any atom is 0.275 e. The largest absolute Gasteiger partial charge is 0.303 e. The van der Waals surface area contributed by atoms with Gasteiger partial charge in [-0.2, -0.15) is 0 Å². The normalized spacial score (nSPS) is 16.1. The van der Waals surface area contributed by atoms with Crippen molar-refractivity contribution in [2.45, 2.75) is 6.92 Å². The van der Waals surface area contributed by atoms with E-state index in [0.717, 1.165) is 5.56 Å². The first-order chi connectivity index (χ1) is 9.72. The Bertz CT molecular complexity index is 700. The average Bonchev–Trinajstić information content (AvgIpc) is 2.84. The van der Waals surface area contributed by atoms with Crippen LogP contribution in [0.3, 0.4) is 0 Å². The number of benzene rings is 1. The highest BCUT2D eigenvalue weighted by atomic mass is 16.2. The molecule has 0 spiro atoms. The van der Waals surface area contributed by atoms with Gasteiger partial charge in [0.15, 0.2) is 5.84 Å². The first-order valence-electron chi connectivity index (χ1n) is 6.32. The number of nitrogens with zero attached hydrogens (tertiary/aromatic N) is 2. The van der Waals surface area contributed by atoms with Crippen LogP contribution in [0.5, 0.6) is 0 Å². The fourth-order valence-corrected chi connectivity index (χ4v) is 1.91. The second kappa shape index (κ2) is 5.09. The molecule has 0 saturated carbocycles. The van der Waals surface area contributed by atoms with Gasteiger partial charge in [-0.1, -0.05) is 35.9 Å². The SMILES string of the molecule is Cc1ccc(/C=C2/N=C(c3ccccn3)NC2=O)cc1. The van der Waals surface area contributed by atoms with Gasteiger partial charge in [0.2, 0.25) is 0 Å². The van der Waals surface area contributed by atoms with Crippen LogP contribution in [0.2, 0.25) is 0 Å². The maximum absolute atomic E-state index is 11.9. The van der Waals surface area contributed by atoms with Crippen molar-refractivity contribution in [2.24, 2.45) is 4.99 Å². The topological polar surface area (TPSA) is 54.4 Å². The number of hydrogen-bond acceptors (Lipinski definition) is 3. The molecular formula is C16H13N3O. The number of rotatable bonds is 2. The molecule has 0 atom stereocenters. The minimum Gasteiger partial charge on any atom is -0.303 e. The molecule has 1 aromatic heterocycles. The van der Waals surface area contributed by atoms with E-state index in [9.17, 15) is 4.79 Å². The summed E-state index contributed by atoms with van der Waals surface area (Å²) in [5.74, 6) is 0.292. The van der Waals surface area contributed by atoms with E-state index in [-0.39, 0.29) is 5.91 Å².